The molecule has 2 N–H and O–H groups in total. The molecule has 1 aromatic heterocycles. The summed E-state index contributed by atoms with van der Waals surface area (Å²) in [6.07, 6.45) is 1.38. The molecule has 1 heterocycles. The molecule has 0 atom stereocenters. The standard InChI is InChI=1S/C6H10BrN3O3S/c1-13-3-2-10-6(14(8,11)12)5(7)4-9-10/h4H,2-3H2,1H3,(H2,8,11,12). The number of rotatable bonds is 4. The molecule has 6 nitrogen and oxygen atoms in total. The molecule has 80 valence electrons. The van der Waals surface area contributed by atoms with Crippen molar-refractivity contribution in [1.29, 1.82) is 0 Å². The fourth-order valence-electron chi connectivity index (χ4n) is 0.971. The van der Waals surface area contributed by atoms with Gasteiger partial charge >= 0.3 is 0 Å². The van der Waals surface area contributed by atoms with Crippen LogP contribution in [0.1, 0.15) is 0 Å². The highest BCUT2D eigenvalue weighted by atomic mass is 79.9. The van der Waals surface area contributed by atoms with Gasteiger partial charge in [-0.15, -0.1) is 0 Å². The lowest BCUT2D eigenvalue weighted by Crippen LogP contribution is -2.19. The van der Waals surface area contributed by atoms with E-state index in [-0.39, 0.29) is 5.03 Å². The van der Waals surface area contributed by atoms with Gasteiger partial charge in [0.25, 0.3) is 10.0 Å². The van der Waals surface area contributed by atoms with Crippen LogP contribution in [0.5, 0.6) is 0 Å². The molecule has 0 saturated carbocycles. The van der Waals surface area contributed by atoms with Crippen molar-refractivity contribution in [1.82, 2.24) is 9.78 Å². The molecular formula is C6H10BrN3O3S. The second-order valence-electron chi connectivity index (χ2n) is 2.56. The van der Waals surface area contributed by atoms with Crippen molar-refractivity contribution in [2.45, 2.75) is 11.6 Å². The van der Waals surface area contributed by atoms with Crippen LogP contribution in [0.2, 0.25) is 0 Å². The summed E-state index contributed by atoms with van der Waals surface area (Å²) >= 11 is 3.06. The minimum absolute atomic E-state index is 0.0328. The van der Waals surface area contributed by atoms with Crippen molar-refractivity contribution in [3.05, 3.63) is 10.7 Å². The molecule has 0 aliphatic rings. The van der Waals surface area contributed by atoms with E-state index in [1.807, 2.05) is 0 Å². The minimum atomic E-state index is -3.75. The van der Waals surface area contributed by atoms with Gasteiger partial charge in [-0.2, -0.15) is 5.10 Å². The highest BCUT2D eigenvalue weighted by Crippen LogP contribution is 2.19. The fraction of sp³-hybridized carbons (Fsp3) is 0.500. The first-order valence-corrected chi connectivity index (χ1v) is 6.04. The quantitative estimate of drug-likeness (QED) is 0.839. The van der Waals surface area contributed by atoms with E-state index in [1.165, 1.54) is 18.0 Å². The summed E-state index contributed by atoms with van der Waals surface area (Å²) in [4.78, 5) is 0. The van der Waals surface area contributed by atoms with E-state index in [1.54, 1.807) is 0 Å². The maximum absolute atomic E-state index is 11.1. The van der Waals surface area contributed by atoms with Gasteiger partial charge < -0.3 is 4.74 Å². The zero-order chi connectivity index (χ0) is 10.8. The molecule has 1 rings (SSSR count). The summed E-state index contributed by atoms with van der Waals surface area (Å²) in [7, 11) is -2.23. The third-order valence-electron chi connectivity index (χ3n) is 1.53. The molecule has 0 unspecified atom stereocenters. The zero-order valence-electron chi connectivity index (χ0n) is 7.47. The van der Waals surface area contributed by atoms with Crippen molar-refractivity contribution < 1.29 is 13.2 Å². The van der Waals surface area contributed by atoms with Gasteiger partial charge in [-0.1, -0.05) is 0 Å². The van der Waals surface area contributed by atoms with E-state index in [0.29, 0.717) is 17.6 Å². The van der Waals surface area contributed by atoms with Gasteiger partial charge in [0, 0.05) is 7.11 Å². The lowest BCUT2D eigenvalue weighted by molar-refractivity contribution is 0.180. The van der Waals surface area contributed by atoms with Crippen molar-refractivity contribution >= 4 is 26.0 Å². The largest absolute Gasteiger partial charge is 0.383 e. The second kappa shape index (κ2) is 4.39. The number of hydrogen-bond donors (Lipinski definition) is 1. The van der Waals surface area contributed by atoms with Crippen molar-refractivity contribution in [3.8, 4) is 0 Å². The van der Waals surface area contributed by atoms with Gasteiger partial charge in [-0.3, -0.25) is 0 Å². The van der Waals surface area contributed by atoms with Crippen LogP contribution in [0.15, 0.2) is 15.7 Å². The normalized spacial score (nSPS) is 11.9. The van der Waals surface area contributed by atoms with Crippen LogP contribution in [0.4, 0.5) is 0 Å². The number of aromatic nitrogens is 2. The molecule has 0 amide bonds. The molecule has 0 aliphatic heterocycles. The van der Waals surface area contributed by atoms with E-state index in [2.05, 4.69) is 21.0 Å². The average molecular weight is 284 g/mol. The highest BCUT2D eigenvalue weighted by molar-refractivity contribution is 9.10. The number of primary sulfonamides is 1. The van der Waals surface area contributed by atoms with Crippen LogP contribution in [0, 0.1) is 0 Å². The SMILES string of the molecule is COCCn1ncc(Br)c1S(N)(=O)=O. The van der Waals surface area contributed by atoms with Gasteiger partial charge in [-0.25, -0.2) is 18.2 Å². The maximum atomic E-state index is 11.1. The molecule has 0 aliphatic carbocycles. The summed E-state index contributed by atoms with van der Waals surface area (Å²) in [5.74, 6) is 0. The number of sulfonamides is 1. The predicted molar refractivity (Wildman–Crippen MR) is 53.2 cm³/mol. The van der Waals surface area contributed by atoms with Crippen molar-refractivity contribution in [2.24, 2.45) is 5.14 Å². The molecule has 14 heavy (non-hydrogen) atoms. The van der Waals surface area contributed by atoms with Crippen LogP contribution < -0.4 is 5.14 Å². The van der Waals surface area contributed by atoms with Crippen molar-refractivity contribution in [3.63, 3.8) is 0 Å². The Morgan fingerprint density at radius 3 is 2.86 bits per heavy atom. The predicted octanol–water partition coefficient (Wildman–Crippen LogP) is -0.0606. The minimum Gasteiger partial charge on any atom is -0.383 e. The van der Waals surface area contributed by atoms with Gasteiger partial charge in [0.1, 0.15) is 0 Å². The molecule has 0 radical (unpaired) electrons. The Kier molecular flexibility index (Phi) is 3.65. The summed E-state index contributed by atoms with van der Waals surface area (Å²) in [5.41, 5.74) is 0. The van der Waals surface area contributed by atoms with Crippen LogP contribution in [-0.2, 0) is 21.3 Å². The lowest BCUT2D eigenvalue weighted by atomic mass is 10.7. The Hall–Kier alpha value is -0.440. The Morgan fingerprint density at radius 1 is 1.71 bits per heavy atom. The number of hydrogen-bond acceptors (Lipinski definition) is 4. The summed E-state index contributed by atoms with van der Waals surface area (Å²) < 4.78 is 28.7. The van der Waals surface area contributed by atoms with Crippen LogP contribution in [0.25, 0.3) is 0 Å². The smallest absolute Gasteiger partial charge is 0.256 e. The molecule has 1 aromatic rings. The first kappa shape index (κ1) is 11.6. The van der Waals surface area contributed by atoms with E-state index in [4.69, 9.17) is 9.88 Å². The fourth-order valence-corrected chi connectivity index (χ4v) is 2.70. The lowest BCUT2D eigenvalue weighted by Gasteiger charge is -2.04. The first-order chi connectivity index (χ1) is 6.46. The summed E-state index contributed by atoms with van der Waals surface area (Å²) in [6, 6.07) is 0. The van der Waals surface area contributed by atoms with Gasteiger partial charge in [-0.05, 0) is 15.9 Å². The first-order valence-electron chi connectivity index (χ1n) is 3.70. The van der Waals surface area contributed by atoms with E-state index in [0.717, 1.165) is 0 Å². The number of halogens is 1. The monoisotopic (exact) mass is 283 g/mol. The molecule has 0 fully saturated rings. The number of methoxy groups -OCH3 is 1. The van der Waals surface area contributed by atoms with E-state index in [9.17, 15) is 8.42 Å². The topological polar surface area (TPSA) is 87.2 Å². The summed E-state index contributed by atoms with van der Waals surface area (Å²) in [5, 5.41) is 8.83. The number of ether oxygens (including phenoxy) is 1. The molecule has 0 bridgehead atoms. The molecule has 8 heteroatoms. The van der Waals surface area contributed by atoms with Crippen LogP contribution in [0.3, 0.4) is 0 Å². The van der Waals surface area contributed by atoms with Gasteiger partial charge in [0.15, 0.2) is 5.03 Å². The van der Waals surface area contributed by atoms with Crippen LogP contribution >= 0.6 is 15.9 Å². The van der Waals surface area contributed by atoms with Gasteiger partial charge in [0.2, 0.25) is 0 Å². The molecule has 0 saturated heterocycles. The van der Waals surface area contributed by atoms with Crippen LogP contribution in [-0.4, -0.2) is 31.9 Å². The second-order valence-corrected chi connectivity index (χ2v) is 4.89. The Morgan fingerprint density at radius 2 is 2.36 bits per heavy atom. The molecule has 0 spiro atoms. The van der Waals surface area contributed by atoms with Crippen molar-refractivity contribution in [2.75, 3.05) is 13.7 Å². The summed E-state index contributed by atoms with van der Waals surface area (Å²) in [6.45, 7) is 0.713. The maximum Gasteiger partial charge on any atom is 0.256 e. The third-order valence-corrected chi connectivity index (χ3v) is 3.34. The third kappa shape index (κ3) is 2.53. The van der Waals surface area contributed by atoms with E-state index >= 15 is 0 Å². The molecular weight excluding hydrogens is 274 g/mol. The van der Waals surface area contributed by atoms with Gasteiger partial charge in [0.05, 0.1) is 23.8 Å². The van der Waals surface area contributed by atoms with E-state index < -0.39 is 10.0 Å². The Balaban J connectivity index is 3.07. The highest BCUT2D eigenvalue weighted by Gasteiger charge is 2.19. The Labute approximate surface area is 90.2 Å². The molecule has 0 aromatic carbocycles. The Bertz CT molecular complexity index is 414. The zero-order valence-corrected chi connectivity index (χ0v) is 9.88. The average Bonchev–Trinajstić information content (AvgIpc) is 2.42. The number of nitrogens with zero attached hydrogens (tertiary/aromatic N) is 2. The number of nitrogens with two attached hydrogens (primary N) is 1.